The van der Waals surface area contributed by atoms with Crippen molar-refractivity contribution in [2.24, 2.45) is 0 Å². The Morgan fingerprint density at radius 1 is 1.10 bits per heavy atom. The lowest BCUT2D eigenvalue weighted by atomic mass is 10.1. The number of rotatable bonds is 5. The van der Waals surface area contributed by atoms with E-state index in [2.05, 4.69) is 5.32 Å². The van der Waals surface area contributed by atoms with Crippen LogP contribution in [-0.2, 0) is 17.6 Å². The average Bonchev–Trinajstić information content (AvgIpc) is 2.45. The van der Waals surface area contributed by atoms with Gasteiger partial charge in [-0.05, 0) is 42.2 Å². The monoisotopic (exact) mass is 285 g/mol. The van der Waals surface area contributed by atoms with Gasteiger partial charge in [0.05, 0.1) is 6.42 Å². The zero-order chi connectivity index (χ0) is 15.2. The van der Waals surface area contributed by atoms with Crippen molar-refractivity contribution in [1.29, 1.82) is 0 Å². The Morgan fingerprint density at radius 2 is 1.86 bits per heavy atom. The molecule has 0 unspecified atom stereocenters. The predicted octanol–water partition coefficient (Wildman–Crippen LogP) is 2.31. The van der Waals surface area contributed by atoms with Crippen molar-refractivity contribution >= 4 is 5.91 Å². The van der Waals surface area contributed by atoms with Gasteiger partial charge in [0.1, 0.15) is 0 Å². The third kappa shape index (κ3) is 4.24. The van der Waals surface area contributed by atoms with E-state index in [1.54, 1.807) is 6.07 Å². The lowest BCUT2D eigenvalue weighted by molar-refractivity contribution is -0.120. The van der Waals surface area contributed by atoms with Crippen molar-refractivity contribution in [3.63, 3.8) is 0 Å². The van der Waals surface area contributed by atoms with E-state index in [4.69, 9.17) is 0 Å². The topological polar surface area (TPSA) is 69.6 Å². The van der Waals surface area contributed by atoms with E-state index in [-0.39, 0.29) is 17.4 Å². The smallest absolute Gasteiger partial charge is 0.224 e. The standard InChI is InChI=1S/C17H19NO3/c1-12-4-2-3-5-14(12)11-17(21)18-9-8-13-6-7-15(19)16(20)10-13/h2-7,10,19-20H,8-9,11H2,1H3,(H,18,21). The Hall–Kier alpha value is -2.49. The van der Waals surface area contributed by atoms with Gasteiger partial charge in [-0.15, -0.1) is 0 Å². The molecule has 2 rings (SSSR count). The fraction of sp³-hybridized carbons (Fsp3) is 0.235. The van der Waals surface area contributed by atoms with Gasteiger partial charge in [0, 0.05) is 6.54 Å². The molecule has 110 valence electrons. The first kappa shape index (κ1) is 14.9. The molecule has 0 aliphatic heterocycles. The third-order valence-electron chi connectivity index (χ3n) is 3.39. The van der Waals surface area contributed by atoms with Gasteiger partial charge in [0.15, 0.2) is 11.5 Å². The number of benzene rings is 2. The number of nitrogens with one attached hydrogen (secondary N) is 1. The Labute approximate surface area is 124 Å². The van der Waals surface area contributed by atoms with Crippen molar-refractivity contribution in [2.75, 3.05) is 6.54 Å². The van der Waals surface area contributed by atoms with Crippen molar-refractivity contribution in [1.82, 2.24) is 5.32 Å². The maximum atomic E-state index is 11.9. The van der Waals surface area contributed by atoms with Crippen LogP contribution in [0.2, 0.25) is 0 Å². The van der Waals surface area contributed by atoms with Gasteiger partial charge in [-0.25, -0.2) is 0 Å². The Kier molecular flexibility index (Phi) is 4.82. The normalized spacial score (nSPS) is 10.3. The number of phenols is 2. The summed E-state index contributed by atoms with van der Waals surface area (Å²) in [5.74, 6) is -0.298. The Balaban J connectivity index is 1.82. The van der Waals surface area contributed by atoms with Crippen LogP contribution in [0.4, 0.5) is 0 Å². The van der Waals surface area contributed by atoms with Crippen molar-refractivity contribution in [3.05, 3.63) is 59.2 Å². The fourth-order valence-electron chi connectivity index (χ4n) is 2.11. The molecule has 0 aromatic heterocycles. The van der Waals surface area contributed by atoms with Gasteiger partial charge in [0.25, 0.3) is 0 Å². The zero-order valence-corrected chi connectivity index (χ0v) is 12.0. The zero-order valence-electron chi connectivity index (χ0n) is 12.0. The number of hydrogen-bond acceptors (Lipinski definition) is 3. The van der Waals surface area contributed by atoms with Crippen LogP contribution in [-0.4, -0.2) is 22.7 Å². The molecule has 0 saturated carbocycles. The van der Waals surface area contributed by atoms with Crippen molar-refractivity contribution in [2.45, 2.75) is 19.8 Å². The number of hydrogen-bond donors (Lipinski definition) is 3. The minimum absolute atomic E-state index is 0.0210. The summed E-state index contributed by atoms with van der Waals surface area (Å²) >= 11 is 0. The number of carbonyl (C=O) groups excluding carboxylic acids is 1. The number of aryl methyl sites for hydroxylation is 1. The quantitative estimate of drug-likeness (QED) is 0.738. The van der Waals surface area contributed by atoms with Gasteiger partial charge in [-0.3, -0.25) is 4.79 Å². The number of carbonyl (C=O) groups is 1. The van der Waals surface area contributed by atoms with E-state index < -0.39 is 0 Å². The largest absolute Gasteiger partial charge is 0.504 e. The molecule has 2 aromatic rings. The molecule has 1 amide bonds. The molecule has 0 atom stereocenters. The van der Waals surface area contributed by atoms with Crippen LogP contribution in [0, 0.1) is 6.92 Å². The summed E-state index contributed by atoms with van der Waals surface area (Å²) in [6.45, 7) is 2.48. The lowest BCUT2D eigenvalue weighted by Crippen LogP contribution is -2.27. The first-order valence-corrected chi connectivity index (χ1v) is 6.88. The van der Waals surface area contributed by atoms with E-state index >= 15 is 0 Å². The molecule has 2 aromatic carbocycles. The molecule has 0 saturated heterocycles. The van der Waals surface area contributed by atoms with E-state index in [0.717, 1.165) is 16.7 Å². The molecule has 0 aliphatic rings. The first-order valence-electron chi connectivity index (χ1n) is 6.88. The second-order valence-corrected chi connectivity index (χ2v) is 5.03. The van der Waals surface area contributed by atoms with Gasteiger partial charge in [-0.2, -0.15) is 0 Å². The van der Waals surface area contributed by atoms with Gasteiger partial charge in [-0.1, -0.05) is 30.3 Å². The number of phenolic OH excluding ortho intramolecular Hbond substituents is 2. The Morgan fingerprint density at radius 3 is 2.57 bits per heavy atom. The average molecular weight is 285 g/mol. The van der Waals surface area contributed by atoms with E-state index in [0.29, 0.717) is 19.4 Å². The van der Waals surface area contributed by atoms with Gasteiger partial charge >= 0.3 is 0 Å². The molecule has 4 heteroatoms. The summed E-state index contributed by atoms with van der Waals surface area (Å²) in [5, 5.41) is 21.5. The molecule has 0 radical (unpaired) electrons. The van der Waals surface area contributed by atoms with Crippen molar-refractivity contribution < 1.29 is 15.0 Å². The summed E-state index contributed by atoms with van der Waals surface area (Å²) in [6.07, 6.45) is 0.973. The molecular weight excluding hydrogens is 266 g/mol. The summed E-state index contributed by atoms with van der Waals surface area (Å²) in [7, 11) is 0. The maximum Gasteiger partial charge on any atom is 0.224 e. The lowest BCUT2D eigenvalue weighted by Gasteiger charge is -2.08. The molecule has 0 aliphatic carbocycles. The second-order valence-electron chi connectivity index (χ2n) is 5.03. The molecule has 3 N–H and O–H groups in total. The summed E-state index contributed by atoms with van der Waals surface area (Å²) in [5.41, 5.74) is 3.00. The number of aromatic hydroxyl groups is 2. The molecule has 0 bridgehead atoms. The highest BCUT2D eigenvalue weighted by Gasteiger charge is 2.06. The highest BCUT2D eigenvalue weighted by Crippen LogP contribution is 2.24. The molecule has 0 fully saturated rings. The minimum atomic E-state index is -0.140. The molecular formula is C17H19NO3. The van der Waals surface area contributed by atoms with E-state index in [9.17, 15) is 15.0 Å². The van der Waals surface area contributed by atoms with E-state index in [1.807, 2.05) is 31.2 Å². The second kappa shape index (κ2) is 6.79. The summed E-state index contributed by atoms with van der Waals surface area (Å²) in [4.78, 5) is 11.9. The fourth-order valence-corrected chi connectivity index (χ4v) is 2.11. The summed E-state index contributed by atoms with van der Waals surface area (Å²) < 4.78 is 0. The first-order chi connectivity index (χ1) is 10.1. The van der Waals surface area contributed by atoms with Crippen LogP contribution in [0.25, 0.3) is 0 Å². The van der Waals surface area contributed by atoms with Crippen LogP contribution in [0.3, 0.4) is 0 Å². The van der Waals surface area contributed by atoms with Crippen LogP contribution in [0.5, 0.6) is 11.5 Å². The third-order valence-corrected chi connectivity index (χ3v) is 3.39. The van der Waals surface area contributed by atoms with Crippen molar-refractivity contribution in [3.8, 4) is 11.5 Å². The number of amides is 1. The van der Waals surface area contributed by atoms with Crippen LogP contribution >= 0.6 is 0 Å². The van der Waals surface area contributed by atoms with Crippen LogP contribution in [0.1, 0.15) is 16.7 Å². The van der Waals surface area contributed by atoms with E-state index in [1.165, 1.54) is 12.1 Å². The van der Waals surface area contributed by atoms with Crippen LogP contribution in [0.15, 0.2) is 42.5 Å². The highest BCUT2D eigenvalue weighted by molar-refractivity contribution is 5.78. The van der Waals surface area contributed by atoms with Gasteiger partial charge in [0.2, 0.25) is 5.91 Å². The minimum Gasteiger partial charge on any atom is -0.504 e. The SMILES string of the molecule is Cc1ccccc1CC(=O)NCCc1ccc(O)c(O)c1. The maximum absolute atomic E-state index is 11.9. The van der Waals surface area contributed by atoms with Gasteiger partial charge < -0.3 is 15.5 Å². The highest BCUT2D eigenvalue weighted by atomic mass is 16.3. The Bertz CT molecular complexity index is 638. The van der Waals surface area contributed by atoms with Crippen LogP contribution < -0.4 is 5.32 Å². The molecule has 0 heterocycles. The molecule has 21 heavy (non-hydrogen) atoms. The molecule has 4 nitrogen and oxygen atoms in total. The predicted molar refractivity (Wildman–Crippen MR) is 81.4 cm³/mol. The summed E-state index contributed by atoms with van der Waals surface area (Å²) in [6, 6.07) is 12.5. The molecule has 0 spiro atoms.